The molecule has 0 aliphatic heterocycles. The van der Waals surface area contributed by atoms with Crippen LogP contribution in [-0.4, -0.2) is 24.2 Å². The third kappa shape index (κ3) is 4.90. The summed E-state index contributed by atoms with van der Waals surface area (Å²) in [6.45, 7) is 2.27. The van der Waals surface area contributed by atoms with Crippen LogP contribution in [0, 0.1) is 23.2 Å². The highest BCUT2D eigenvalue weighted by molar-refractivity contribution is 7.80. The molecule has 4 fully saturated rings. The molecule has 4 saturated carbocycles. The number of hydrogen-bond donors (Lipinski definition) is 2. The summed E-state index contributed by atoms with van der Waals surface area (Å²) in [5.74, 6) is 2.42. The van der Waals surface area contributed by atoms with Crippen molar-refractivity contribution in [3.05, 3.63) is 52.4 Å². The van der Waals surface area contributed by atoms with Crippen LogP contribution in [0.2, 0.25) is 0 Å². The Hall–Kier alpha value is -1.92. The molecular weight excluding hydrogens is 460 g/mol. The standard InChI is InChI=1S/C28H36N2O2S2/c1-3-7-24(28-15-19-10-20(16-28)12-21(11-19)17-28)29-27(33)30-25-23(26(31)32-2)14-22(34-25)13-18-8-5-4-6-9-18/h4-6,8-9,14,19-21,24H,3,7,10-13,15-17H2,1-2H3,(H2,29,30,33). The minimum Gasteiger partial charge on any atom is -0.465 e. The molecular formula is C28H36N2O2S2. The zero-order valence-electron chi connectivity index (χ0n) is 20.3. The summed E-state index contributed by atoms with van der Waals surface area (Å²) in [4.78, 5) is 13.6. The highest BCUT2D eigenvalue weighted by Gasteiger charge is 2.54. The number of rotatable bonds is 8. The van der Waals surface area contributed by atoms with Crippen molar-refractivity contribution in [3.63, 3.8) is 0 Å². The summed E-state index contributed by atoms with van der Waals surface area (Å²) >= 11 is 7.42. The van der Waals surface area contributed by atoms with Crippen LogP contribution in [0.5, 0.6) is 0 Å². The molecule has 0 amide bonds. The van der Waals surface area contributed by atoms with E-state index in [1.165, 1.54) is 51.2 Å². The Bertz CT molecular complexity index is 997. The van der Waals surface area contributed by atoms with Gasteiger partial charge in [0.1, 0.15) is 5.00 Å². The minimum absolute atomic E-state index is 0.327. The first-order valence-electron chi connectivity index (χ1n) is 12.8. The maximum atomic E-state index is 12.5. The first-order chi connectivity index (χ1) is 16.5. The summed E-state index contributed by atoms with van der Waals surface area (Å²) < 4.78 is 5.07. The second-order valence-corrected chi connectivity index (χ2v) is 12.4. The molecule has 6 heteroatoms. The fourth-order valence-electron chi connectivity index (χ4n) is 7.40. The lowest BCUT2D eigenvalue weighted by Gasteiger charge is -2.59. The van der Waals surface area contributed by atoms with E-state index in [-0.39, 0.29) is 5.97 Å². The highest BCUT2D eigenvalue weighted by Crippen LogP contribution is 2.61. The third-order valence-electron chi connectivity index (χ3n) is 8.34. The molecule has 4 bridgehead atoms. The lowest BCUT2D eigenvalue weighted by molar-refractivity contribution is -0.0718. The predicted octanol–water partition coefficient (Wildman–Crippen LogP) is 6.80. The number of methoxy groups -OCH3 is 1. The van der Waals surface area contributed by atoms with Crippen molar-refractivity contribution in [2.75, 3.05) is 12.4 Å². The maximum absolute atomic E-state index is 12.5. The molecule has 1 aromatic carbocycles. The van der Waals surface area contributed by atoms with Gasteiger partial charge in [-0.2, -0.15) is 0 Å². The molecule has 2 aromatic rings. The van der Waals surface area contributed by atoms with E-state index in [2.05, 4.69) is 29.7 Å². The average molecular weight is 497 g/mol. The van der Waals surface area contributed by atoms with Crippen LogP contribution >= 0.6 is 23.6 Å². The number of thiophene rings is 1. The molecule has 4 nitrogen and oxygen atoms in total. The summed E-state index contributed by atoms with van der Waals surface area (Å²) in [7, 11) is 1.43. The van der Waals surface area contributed by atoms with Crippen molar-refractivity contribution in [2.45, 2.75) is 70.8 Å². The summed E-state index contributed by atoms with van der Waals surface area (Å²) in [6, 6.07) is 12.7. The SMILES string of the molecule is CCCC(NC(=S)Nc1sc(Cc2ccccc2)cc1C(=O)OC)C12CC3CC(CC(C3)C1)C2. The number of thiocarbonyl (C=S) groups is 1. The van der Waals surface area contributed by atoms with Gasteiger partial charge >= 0.3 is 5.97 Å². The van der Waals surface area contributed by atoms with Gasteiger partial charge in [0, 0.05) is 17.3 Å². The van der Waals surface area contributed by atoms with Crippen molar-refractivity contribution >= 4 is 39.6 Å². The summed E-state index contributed by atoms with van der Waals surface area (Å²) in [5.41, 5.74) is 2.16. The largest absolute Gasteiger partial charge is 0.465 e. The zero-order valence-corrected chi connectivity index (χ0v) is 21.9. The Morgan fingerprint density at radius 3 is 2.38 bits per heavy atom. The molecule has 182 valence electrons. The van der Waals surface area contributed by atoms with E-state index in [1.807, 2.05) is 24.3 Å². The Balaban J connectivity index is 1.32. The van der Waals surface area contributed by atoms with Crippen LogP contribution in [0.25, 0.3) is 0 Å². The Kier molecular flexibility index (Phi) is 6.99. The van der Waals surface area contributed by atoms with Crippen molar-refractivity contribution in [1.82, 2.24) is 5.32 Å². The van der Waals surface area contributed by atoms with E-state index >= 15 is 0 Å². The molecule has 0 saturated heterocycles. The number of anilines is 1. The lowest BCUT2D eigenvalue weighted by Crippen LogP contribution is -2.57. The molecule has 1 unspecified atom stereocenters. The van der Waals surface area contributed by atoms with E-state index in [9.17, 15) is 4.79 Å². The van der Waals surface area contributed by atoms with Crippen molar-refractivity contribution in [2.24, 2.45) is 23.2 Å². The number of nitrogens with one attached hydrogen (secondary N) is 2. The van der Waals surface area contributed by atoms with Gasteiger partial charge in [0.25, 0.3) is 0 Å². The van der Waals surface area contributed by atoms with Crippen molar-refractivity contribution < 1.29 is 9.53 Å². The van der Waals surface area contributed by atoms with Crippen LogP contribution in [0.4, 0.5) is 5.00 Å². The van der Waals surface area contributed by atoms with Gasteiger partial charge < -0.3 is 15.4 Å². The van der Waals surface area contributed by atoms with Crippen LogP contribution in [0.1, 0.15) is 79.1 Å². The van der Waals surface area contributed by atoms with E-state index in [4.69, 9.17) is 17.0 Å². The first kappa shape index (κ1) is 23.8. The first-order valence-corrected chi connectivity index (χ1v) is 14.0. The van der Waals surface area contributed by atoms with Gasteiger partial charge in [0.05, 0.1) is 12.7 Å². The molecule has 6 rings (SSSR count). The van der Waals surface area contributed by atoms with Gasteiger partial charge in [-0.05, 0) is 92.0 Å². The fraction of sp³-hybridized carbons (Fsp3) is 0.571. The van der Waals surface area contributed by atoms with Gasteiger partial charge in [-0.25, -0.2) is 4.79 Å². The summed E-state index contributed by atoms with van der Waals surface area (Å²) in [6.07, 6.45) is 11.5. The molecule has 0 radical (unpaired) electrons. The van der Waals surface area contributed by atoms with Crippen LogP contribution < -0.4 is 10.6 Å². The normalized spacial score (nSPS) is 27.9. The lowest BCUT2D eigenvalue weighted by atomic mass is 9.47. The number of carbonyl (C=O) groups is 1. The number of ether oxygens (including phenoxy) is 1. The smallest absolute Gasteiger partial charge is 0.340 e. The fourth-order valence-corrected chi connectivity index (χ4v) is 8.79. The van der Waals surface area contributed by atoms with E-state index in [0.717, 1.165) is 46.9 Å². The molecule has 0 spiro atoms. The predicted molar refractivity (Wildman–Crippen MR) is 144 cm³/mol. The molecule has 2 N–H and O–H groups in total. The monoisotopic (exact) mass is 496 g/mol. The number of hydrogen-bond acceptors (Lipinski definition) is 4. The van der Waals surface area contributed by atoms with Gasteiger partial charge in [-0.3, -0.25) is 0 Å². The highest BCUT2D eigenvalue weighted by atomic mass is 32.1. The molecule has 1 heterocycles. The van der Waals surface area contributed by atoms with Gasteiger partial charge in [0.2, 0.25) is 0 Å². The van der Waals surface area contributed by atoms with E-state index < -0.39 is 0 Å². The Morgan fingerprint density at radius 2 is 1.79 bits per heavy atom. The second-order valence-electron chi connectivity index (χ2n) is 10.8. The van der Waals surface area contributed by atoms with Crippen LogP contribution in [0.15, 0.2) is 36.4 Å². The second kappa shape index (κ2) is 9.98. The molecule has 4 aliphatic carbocycles. The van der Waals surface area contributed by atoms with Gasteiger partial charge in [-0.15, -0.1) is 11.3 Å². The average Bonchev–Trinajstić information content (AvgIpc) is 3.19. The Morgan fingerprint density at radius 1 is 1.15 bits per heavy atom. The number of carbonyl (C=O) groups excluding carboxylic acids is 1. The molecule has 1 atom stereocenters. The number of esters is 1. The quantitative estimate of drug-likeness (QED) is 0.311. The minimum atomic E-state index is -0.327. The summed E-state index contributed by atoms with van der Waals surface area (Å²) in [5, 5.41) is 8.54. The van der Waals surface area contributed by atoms with Crippen molar-refractivity contribution in [3.8, 4) is 0 Å². The maximum Gasteiger partial charge on any atom is 0.340 e. The van der Waals surface area contributed by atoms with Gasteiger partial charge in [-0.1, -0.05) is 43.7 Å². The van der Waals surface area contributed by atoms with Crippen LogP contribution in [-0.2, 0) is 11.2 Å². The zero-order chi connectivity index (χ0) is 23.7. The van der Waals surface area contributed by atoms with E-state index in [0.29, 0.717) is 22.1 Å². The molecule has 34 heavy (non-hydrogen) atoms. The van der Waals surface area contributed by atoms with Crippen molar-refractivity contribution in [1.29, 1.82) is 0 Å². The Labute approximate surface area is 212 Å². The van der Waals surface area contributed by atoms with Gasteiger partial charge in [0.15, 0.2) is 5.11 Å². The molecule has 1 aromatic heterocycles. The number of benzene rings is 1. The van der Waals surface area contributed by atoms with E-state index in [1.54, 1.807) is 11.3 Å². The molecule has 4 aliphatic rings. The van der Waals surface area contributed by atoms with Crippen LogP contribution in [0.3, 0.4) is 0 Å². The third-order valence-corrected chi connectivity index (χ3v) is 9.61. The topological polar surface area (TPSA) is 50.4 Å².